The van der Waals surface area contributed by atoms with Gasteiger partial charge in [-0.15, -0.1) is 0 Å². The summed E-state index contributed by atoms with van der Waals surface area (Å²) in [7, 11) is 1.81. The van der Waals surface area contributed by atoms with Gasteiger partial charge in [0.25, 0.3) is 0 Å². The van der Waals surface area contributed by atoms with Crippen molar-refractivity contribution >= 4 is 0 Å². The molecule has 10 heavy (non-hydrogen) atoms. The molecule has 0 aromatic carbocycles. The highest BCUT2D eigenvalue weighted by Gasteiger charge is 2.16. The van der Waals surface area contributed by atoms with Gasteiger partial charge in [-0.05, 0) is 19.4 Å². The maximum Gasteiger partial charge on any atom is 0.0595 e. The topological polar surface area (TPSA) is 12.5 Å². The van der Waals surface area contributed by atoms with Crippen LogP contribution in [0.3, 0.4) is 0 Å². The largest absolute Gasteiger partial charge is 0.381 e. The first-order chi connectivity index (χ1) is 4.86. The Hall–Kier alpha value is -0.0800. The molecule has 1 heterocycles. The lowest BCUT2D eigenvalue weighted by atomic mass is 10.1. The molecule has 60 valence electrons. The Morgan fingerprint density at radius 2 is 2.00 bits per heavy atom. The lowest BCUT2D eigenvalue weighted by Crippen LogP contribution is -2.36. The molecule has 2 heteroatoms. The molecule has 0 bridgehead atoms. The maximum absolute atomic E-state index is 5.26. The number of likely N-dealkylation sites (tertiary alicyclic amines) is 1. The molecule has 0 aromatic heterocycles. The number of methoxy groups -OCH3 is 1. The summed E-state index contributed by atoms with van der Waals surface area (Å²) in [5, 5.41) is 0. The van der Waals surface area contributed by atoms with Crippen molar-refractivity contribution in [3.8, 4) is 0 Å². The molecule has 0 aromatic rings. The molecule has 0 N–H and O–H groups in total. The van der Waals surface area contributed by atoms with Gasteiger partial charge in [-0.25, -0.2) is 0 Å². The quantitative estimate of drug-likeness (QED) is 0.574. The van der Waals surface area contributed by atoms with Crippen LogP contribution in [0.1, 0.15) is 19.8 Å². The van der Waals surface area contributed by atoms with Crippen LogP contribution in [0.4, 0.5) is 0 Å². The summed E-state index contributed by atoms with van der Waals surface area (Å²) in [6.45, 7) is 5.84. The smallest absolute Gasteiger partial charge is 0.0595 e. The second kappa shape index (κ2) is 3.94. The van der Waals surface area contributed by atoms with Crippen LogP contribution in [0.2, 0.25) is 0 Å². The second-order valence-electron chi connectivity index (χ2n) is 2.87. The van der Waals surface area contributed by atoms with Crippen LogP contribution in [0, 0.1) is 0 Å². The summed E-state index contributed by atoms with van der Waals surface area (Å²) in [6, 6.07) is 0. The van der Waals surface area contributed by atoms with Crippen LogP contribution in [0.25, 0.3) is 0 Å². The molecular weight excluding hydrogens is 126 g/mol. The van der Waals surface area contributed by atoms with Crippen LogP contribution < -0.4 is 0 Å². The van der Waals surface area contributed by atoms with Gasteiger partial charge < -0.3 is 9.64 Å². The van der Waals surface area contributed by atoms with Gasteiger partial charge in [0.05, 0.1) is 6.10 Å². The van der Waals surface area contributed by atoms with E-state index in [1.165, 1.54) is 32.5 Å². The van der Waals surface area contributed by atoms with E-state index in [0.717, 1.165) is 0 Å². The minimum absolute atomic E-state index is 0.530. The molecule has 0 atom stereocenters. The molecule has 1 saturated heterocycles. The van der Waals surface area contributed by atoms with Crippen molar-refractivity contribution in [3.05, 3.63) is 0 Å². The summed E-state index contributed by atoms with van der Waals surface area (Å²) in [5.74, 6) is 0. The van der Waals surface area contributed by atoms with E-state index < -0.39 is 0 Å². The van der Waals surface area contributed by atoms with Gasteiger partial charge in [0.15, 0.2) is 0 Å². The first-order valence-electron chi connectivity index (χ1n) is 4.12. The van der Waals surface area contributed by atoms with E-state index in [9.17, 15) is 0 Å². The third-order valence-corrected chi connectivity index (χ3v) is 2.32. The average Bonchev–Trinajstić information content (AvgIpc) is 2.05. The fraction of sp³-hybridized carbons (Fsp3) is 1.00. The normalized spacial score (nSPS) is 23.4. The highest BCUT2D eigenvalue weighted by molar-refractivity contribution is 4.70. The predicted molar refractivity (Wildman–Crippen MR) is 42.1 cm³/mol. The van der Waals surface area contributed by atoms with Crippen molar-refractivity contribution in [2.75, 3.05) is 26.7 Å². The van der Waals surface area contributed by atoms with Crippen molar-refractivity contribution in [2.45, 2.75) is 25.9 Å². The van der Waals surface area contributed by atoms with Crippen LogP contribution in [-0.4, -0.2) is 37.7 Å². The fourth-order valence-corrected chi connectivity index (χ4v) is 1.46. The minimum Gasteiger partial charge on any atom is -0.381 e. The van der Waals surface area contributed by atoms with Gasteiger partial charge >= 0.3 is 0 Å². The molecule has 0 unspecified atom stereocenters. The minimum atomic E-state index is 0.530. The van der Waals surface area contributed by atoms with E-state index in [4.69, 9.17) is 4.74 Å². The van der Waals surface area contributed by atoms with E-state index >= 15 is 0 Å². The summed E-state index contributed by atoms with van der Waals surface area (Å²) in [5.41, 5.74) is 0. The Morgan fingerprint density at radius 1 is 1.40 bits per heavy atom. The molecule has 0 radical (unpaired) electrons. The Labute approximate surface area is 63.2 Å². The second-order valence-corrected chi connectivity index (χ2v) is 2.87. The van der Waals surface area contributed by atoms with Crippen LogP contribution in [0.15, 0.2) is 0 Å². The van der Waals surface area contributed by atoms with Gasteiger partial charge in [-0.1, -0.05) is 6.92 Å². The first kappa shape index (κ1) is 8.02. The predicted octanol–water partition coefficient (Wildman–Crippen LogP) is 1.12. The SMILES string of the molecule is CCN1CCC(OC)CC1. The zero-order valence-electron chi connectivity index (χ0n) is 6.97. The van der Waals surface area contributed by atoms with E-state index in [1.807, 2.05) is 7.11 Å². The molecule has 0 amide bonds. The molecule has 2 nitrogen and oxygen atoms in total. The molecular formula is C8H17NO. The molecule has 1 aliphatic heterocycles. The van der Waals surface area contributed by atoms with Crippen molar-refractivity contribution < 1.29 is 4.74 Å². The van der Waals surface area contributed by atoms with Crippen molar-refractivity contribution in [3.63, 3.8) is 0 Å². The Balaban J connectivity index is 2.17. The van der Waals surface area contributed by atoms with Gasteiger partial charge in [-0.3, -0.25) is 0 Å². The van der Waals surface area contributed by atoms with Crippen molar-refractivity contribution in [1.82, 2.24) is 4.90 Å². The molecule has 0 aliphatic carbocycles. The van der Waals surface area contributed by atoms with Crippen molar-refractivity contribution in [2.24, 2.45) is 0 Å². The Kier molecular flexibility index (Phi) is 3.16. The molecule has 0 spiro atoms. The summed E-state index contributed by atoms with van der Waals surface area (Å²) in [4.78, 5) is 2.47. The molecule has 1 aliphatic rings. The highest BCUT2D eigenvalue weighted by atomic mass is 16.5. The lowest BCUT2D eigenvalue weighted by molar-refractivity contribution is 0.0427. The van der Waals surface area contributed by atoms with E-state index in [1.54, 1.807) is 0 Å². The third kappa shape index (κ3) is 1.96. The molecule has 1 fully saturated rings. The van der Waals surface area contributed by atoms with Gasteiger partial charge in [0.1, 0.15) is 0 Å². The number of hydrogen-bond acceptors (Lipinski definition) is 2. The Bertz CT molecular complexity index is 75.3. The summed E-state index contributed by atoms with van der Waals surface area (Å²) >= 11 is 0. The fourth-order valence-electron chi connectivity index (χ4n) is 1.46. The number of ether oxygens (including phenoxy) is 1. The number of nitrogens with zero attached hydrogens (tertiary/aromatic N) is 1. The monoisotopic (exact) mass is 143 g/mol. The lowest BCUT2D eigenvalue weighted by Gasteiger charge is -2.29. The third-order valence-electron chi connectivity index (χ3n) is 2.32. The number of hydrogen-bond donors (Lipinski definition) is 0. The van der Waals surface area contributed by atoms with Crippen LogP contribution in [-0.2, 0) is 4.74 Å². The van der Waals surface area contributed by atoms with Crippen LogP contribution in [0.5, 0.6) is 0 Å². The number of piperidine rings is 1. The Morgan fingerprint density at radius 3 is 2.40 bits per heavy atom. The average molecular weight is 143 g/mol. The van der Waals surface area contributed by atoms with E-state index in [0.29, 0.717) is 6.10 Å². The summed E-state index contributed by atoms with van der Waals surface area (Å²) in [6.07, 6.45) is 2.96. The van der Waals surface area contributed by atoms with Gasteiger partial charge in [-0.2, -0.15) is 0 Å². The summed E-state index contributed by atoms with van der Waals surface area (Å²) < 4.78 is 5.26. The van der Waals surface area contributed by atoms with Crippen molar-refractivity contribution in [1.29, 1.82) is 0 Å². The van der Waals surface area contributed by atoms with E-state index in [2.05, 4.69) is 11.8 Å². The van der Waals surface area contributed by atoms with Gasteiger partial charge in [0, 0.05) is 20.2 Å². The standard InChI is InChI=1S/C8H17NO/c1-3-9-6-4-8(10-2)5-7-9/h8H,3-7H2,1-2H3. The maximum atomic E-state index is 5.26. The first-order valence-corrected chi connectivity index (χ1v) is 4.12. The zero-order chi connectivity index (χ0) is 7.40. The van der Waals surface area contributed by atoms with Gasteiger partial charge in [0.2, 0.25) is 0 Å². The molecule has 0 saturated carbocycles. The van der Waals surface area contributed by atoms with Crippen LogP contribution >= 0.6 is 0 Å². The van der Waals surface area contributed by atoms with E-state index in [-0.39, 0.29) is 0 Å². The zero-order valence-corrected chi connectivity index (χ0v) is 6.97. The molecule has 1 rings (SSSR count). The highest BCUT2D eigenvalue weighted by Crippen LogP contribution is 2.11. The number of rotatable bonds is 2.